The Balaban J connectivity index is 1.59. The van der Waals surface area contributed by atoms with E-state index in [1.54, 1.807) is 6.07 Å². The van der Waals surface area contributed by atoms with Gasteiger partial charge in [0.25, 0.3) is 0 Å². The third kappa shape index (κ3) is 4.57. The number of fused-ring (bicyclic) bond motifs is 1. The van der Waals surface area contributed by atoms with Gasteiger partial charge in [0.05, 0.1) is 6.42 Å². The van der Waals surface area contributed by atoms with Crippen molar-refractivity contribution in [3.63, 3.8) is 0 Å². The summed E-state index contributed by atoms with van der Waals surface area (Å²) in [5, 5.41) is 2.08. The van der Waals surface area contributed by atoms with Crippen LogP contribution in [0.25, 0.3) is 10.8 Å². The summed E-state index contributed by atoms with van der Waals surface area (Å²) in [7, 11) is 0. The summed E-state index contributed by atoms with van der Waals surface area (Å²) in [6.45, 7) is 7.79. The zero-order valence-electron chi connectivity index (χ0n) is 16.0. The van der Waals surface area contributed by atoms with Gasteiger partial charge in [0.15, 0.2) is 0 Å². The fourth-order valence-corrected chi connectivity index (χ4v) is 3.64. The minimum Gasteiger partial charge on any atom is -0.456 e. The van der Waals surface area contributed by atoms with Crippen LogP contribution < -0.4 is 4.74 Å². The van der Waals surface area contributed by atoms with Gasteiger partial charge in [-0.15, -0.1) is 0 Å². The Kier molecular flexibility index (Phi) is 5.64. The number of rotatable bonds is 6. The smallest absolute Gasteiger partial charge is 0.334 e. The Bertz CT molecular complexity index is 875. The van der Waals surface area contributed by atoms with E-state index in [9.17, 15) is 9.59 Å². The van der Waals surface area contributed by atoms with Crippen molar-refractivity contribution in [2.45, 2.75) is 58.0 Å². The summed E-state index contributed by atoms with van der Waals surface area (Å²) in [5.41, 5.74) is 0.922. The number of aryl methyl sites for hydroxylation is 1. The monoisotopic (exact) mass is 366 g/mol. The maximum Gasteiger partial charge on any atom is 0.334 e. The lowest BCUT2D eigenvalue weighted by atomic mass is 9.98. The molecule has 1 fully saturated rings. The Labute approximate surface area is 160 Å². The van der Waals surface area contributed by atoms with E-state index in [0.29, 0.717) is 5.75 Å². The molecule has 2 aromatic rings. The van der Waals surface area contributed by atoms with Crippen LogP contribution in [-0.4, -0.2) is 17.5 Å². The first-order valence-corrected chi connectivity index (χ1v) is 9.53. The quantitative estimate of drug-likeness (QED) is 0.397. The van der Waals surface area contributed by atoms with Crippen LogP contribution in [0.3, 0.4) is 0 Å². The topological polar surface area (TPSA) is 52.6 Å². The molecule has 0 aromatic heterocycles. The molecule has 0 spiro atoms. The first kappa shape index (κ1) is 19.2. The zero-order chi connectivity index (χ0) is 19.4. The molecule has 0 saturated heterocycles. The van der Waals surface area contributed by atoms with Crippen molar-refractivity contribution in [2.24, 2.45) is 0 Å². The van der Waals surface area contributed by atoms with Crippen LogP contribution in [0.1, 0.15) is 51.0 Å². The minimum absolute atomic E-state index is 0.135. The Morgan fingerprint density at radius 3 is 2.44 bits per heavy atom. The summed E-state index contributed by atoms with van der Waals surface area (Å²) in [4.78, 5) is 24.5. The van der Waals surface area contributed by atoms with Gasteiger partial charge in [0.1, 0.15) is 11.4 Å². The summed E-state index contributed by atoms with van der Waals surface area (Å²) >= 11 is 0. The first-order valence-electron chi connectivity index (χ1n) is 9.53. The van der Waals surface area contributed by atoms with Crippen molar-refractivity contribution in [1.29, 1.82) is 0 Å². The molecule has 3 rings (SSSR count). The molecule has 1 saturated carbocycles. The van der Waals surface area contributed by atoms with E-state index in [2.05, 4.69) is 12.6 Å². The Hall–Kier alpha value is -2.62. The molecular formula is C23H26O4. The zero-order valence-corrected chi connectivity index (χ0v) is 16.0. The third-order valence-corrected chi connectivity index (χ3v) is 5.31. The lowest BCUT2D eigenvalue weighted by Gasteiger charge is -2.27. The predicted octanol–water partition coefficient (Wildman–Crippen LogP) is 5.27. The van der Waals surface area contributed by atoms with Gasteiger partial charge in [-0.1, -0.05) is 43.3 Å². The van der Waals surface area contributed by atoms with Gasteiger partial charge in [0.2, 0.25) is 0 Å². The highest BCUT2D eigenvalue weighted by Crippen LogP contribution is 2.36. The molecule has 4 nitrogen and oxygen atoms in total. The molecule has 0 bridgehead atoms. The lowest BCUT2D eigenvalue weighted by Crippen LogP contribution is -2.32. The fraction of sp³-hybridized carbons (Fsp3) is 0.391. The van der Waals surface area contributed by atoms with Crippen molar-refractivity contribution in [3.8, 4) is 5.75 Å². The molecule has 1 aliphatic carbocycles. The second kappa shape index (κ2) is 7.95. The maximum absolute atomic E-state index is 12.3. The van der Waals surface area contributed by atoms with Gasteiger partial charge < -0.3 is 9.47 Å². The molecule has 0 heterocycles. The number of carbonyl (C=O) groups is 2. The number of benzene rings is 2. The third-order valence-electron chi connectivity index (χ3n) is 5.31. The van der Waals surface area contributed by atoms with E-state index in [4.69, 9.17) is 9.47 Å². The van der Waals surface area contributed by atoms with E-state index in [0.717, 1.165) is 42.9 Å². The SMILES string of the molecule is C=C(CC(=O)Oc1ccc2cc(C)ccc2c1)C(=O)OC1(CC)CCCC1. The number of ether oxygens (including phenoxy) is 2. The highest BCUT2D eigenvalue weighted by molar-refractivity contribution is 5.94. The van der Waals surface area contributed by atoms with Crippen LogP contribution in [0.5, 0.6) is 5.75 Å². The fourth-order valence-electron chi connectivity index (χ4n) is 3.64. The summed E-state index contributed by atoms with van der Waals surface area (Å²) in [6, 6.07) is 11.6. The lowest BCUT2D eigenvalue weighted by molar-refractivity contribution is -0.155. The standard InChI is InChI=1S/C23H26O4/c1-4-23(11-5-6-12-23)27-22(25)17(3)14-21(24)26-20-10-9-18-13-16(2)7-8-19(18)15-20/h7-10,13,15H,3-6,11-12,14H2,1-2H3. The van der Waals surface area contributed by atoms with E-state index in [1.165, 1.54) is 5.56 Å². The molecule has 0 unspecified atom stereocenters. The van der Waals surface area contributed by atoms with Gasteiger partial charge in [-0.05, 0) is 61.9 Å². The van der Waals surface area contributed by atoms with E-state index >= 15 is 0 Å². The largest absolute Gasteiger partial charge is 0.456 e. The van der Waals surface area contributed by atoms with Crippen molar-refractivity contribution in [3.05, 3.63) is 54.1 Å². The molecule has 2 aromatic carbocycles. The van der Waals surface area contributed by atoms with Crippen LogP contribution in [0, 0.1) is 6.92 Å². The minimum atomic E-state index is -0.514. The van der Waals surface area contributed by atoms with Crippen LogP contribution in [0.4, 0.5) is 0 Å². The second-order valence-corrected chi connectivity index (χ2v) is 7.40. The second-order valence-electron chi connectivity index (χ2n) is 7.40. The summed E-state index contributed by atoms with van der Waals surface area (Å²) in [5.74, 6) is -0.552. The van der Waals surface area contributed by atoms with Crippen molar-refractivity contribution in [2.75, 3.05) is 0 Å². The summed E-state index contributed by atoms with van der Waals surface area (Å²) in [6.07, 6.45) is 4.50. The maximum atomic E-state index is 12.3. The number of hydrogen-bond donors (Lipinski definition) is 0. The normalized spacial score (nSPS) is 15.5. The Morgan fingerprint density at radius 1 is 1.07 bits per heavy atom. The molecule has 1 aliphatic rings. The summed E-state index contributed by atoms with van der Waals surface area (Å²) < 4.78 is 11.1. The van der Waals surface area contributed by atoms with Gasteiger partial charge in [-0.25, -0.2) is 4.79 Å². The molecular weight excluding hydrogens is 340 g/mol. The molecule has 0 aliphatic heterocycles. The van der Waals surface area contributed by atoms with E-state index in [-0.39, 0.29) is 17.6 Å². The van der Waals surface area contributed by atoms with Gasteiger partial charge in [-0.3, -0.25) is 4.79 Å². The van der Waals surface area contributed by atoms with Crippen LogP contribution in [0.15, 0.2) is 48.6 Å². The van der Waals surface area contributed by atoms with Gasteiger partial charge in [-0.2, -0.15) is 0 Å². The van der Waals surface area contributed by atoms with Crippen LogP contribution in [-0.2, 0) is 14.3 Å². The highest BCUT2D eigenvalue weighted by atomic mass is 16.6. The number of hydrogen-bond acceptors (Lipinski definition) is 4. The van der Waals surface area contributed by atoms with E-state index < -0.39 is 11.9 Å². The molecule has 0 atom stereocenters. The molecule has 0 N–H and O–H groups in total. The molecule has 4 heteroatoms. The van der Waals surface area contributed by atoms with Gasteiger partial charge in [0, 0.05) is 5.57 Å². The Morgan fingerprint density at radius 2 is 1.74 bits per heavy atom. The average molecular weight is 366 g/mol. The van der Waals surface area contributed by atoms with Crippen molar-refractivity contribution < 1.29 is 19.1 Å². The molecule has 27 heavy (non-hydrogen) atoms. The molecule has 142 valence electrons. The number of carbonyl (C=O) groups excluding carboxylic acids is 2. The predicted molar refractivity (Wildman–Crippen MR) is 106 cm³/mol. The first-order chi connectivity index (χ1) is 12.9. The van der Waals surface area contributed by atoms with E-state index in [1.807, 2.05) is 38.1 Å². The highest BCUT2D eigenvalue weighted by Gasteiger charge is 2.36. The number of esters is 2. The molecule has 0 radical (unpaired) electrons. The van der Waals surface area contributed by atoms with Gasteiger partial charge >= 0.3 is 11.9 Å². The van der Waals surface area contributed by atoms with Crippen molar-refractivity contribution >= 4 is 22.7 Å². The van der Waals surface area contributed by atoms with Crippen molar-refractivity contribution in [1.82, 2.24) is 0 Å². The van der Waals surface area contributed by atoms with Crippen LogP contribution >= 0.6 is 0 Å². The average Bonchev–Trinajstić information content (AvgIpc) is 3.10. The molecule has 0 amide bonds. The van der Waals surface area contributed by atoms with Crippen LogP contribution in [0.2, 0.25) is 0 Å².